The van der Waals surface area contributed by atoms with E-state index in [9.17, 15) is 20.6 Å². The number of ether oxygens (including phenoxy) is 2. The maximum Gasteiger partial charge on any atom is 0.410 e. The third kappa shape index (κ3) is 3.45. The fraction of sp³-hybridized carbons (Fsp3) is 0.391. The first kappa shape index (κ1) is 21.7. The van der Waals surface area contributed by atoms with Crippen LogP contribution < -0.4 is 10.5 Å². The lowest BCUT2D eigenvalue weighted by Crippen LogP contribution is -2.49. The zero-order valence-corrected chi connectivity index (χ0v) is 17.5. The molecule has 0 radical (unpaired) electrons. The number of rotatable bonds is 4. The largest absolute Gasteiger partial charge is 0.494 e. The van der Waals surface area contributed by atoms with Crippen LogP contribution in [0.3, 0.4) is 0 Å². The van der Waals surface area contributed by atoms with Crippen molar-refractivity contribution in [2.45, 2.75) is 19.8 Å². The van der Waals surface area contributed by atoms with E-state index >= 15 is 0 Å². The molecule has 0 fully saturated rings. The minimum absolute atomic E-state index is 0.0663. The summed E-state index contributed by atoms with van der Waals surface area (Å²) in [4.78, 5) is 13.9. The van der Waals surface area contributed by atoms with Gasteiger partial charge in [0.1, 0.15) is 11.8 Å². The number of nitrogens with two attached hydrogens (primary N) is 1. The number of amides is 1. The van der Waals surface area contributed by atoms with Gasteiger partial charge in [-0.05, 0) is 25.5 Å². The van der Waals surface area contributed by atoms with Crippen LogP contribution in [-0.4, -0.2) is 37.3 Å². The van der Waals surface area contributed by atoms with Crippen LogP contribution in [0.5, 0.6) is 5.75 Å². The molecule has 0 bridgehead atoms. The Morgan fingerprint density at radius 2 is 1.94 bits per heavy atom. The number of carbonyl (C=O) groups excluding carboxylic acids is 1. The van der Waals surface area contributed by atoms with Gasteiger partial charge in [-0.3, -0.25) is 0 Å². The second kappa shape index (κ2) is 8.81. The Balaban J connectivity index is 2.27. The van der Waals surface area contributed by atoms with Crippen molar-refractivity contribution < 1.29 is 14.3 Å². The van der Waals surface area contributed by atoms with Crippen molar-refractivity contribution in [3.8, 4) is 24.0 Å². The average Bonchev–Trinajstić information content (AvgIpc) is 2.79. The number of hydrogen-bond acceptors (Lipinski definition) is 7. The number of fused-ring (bicyclic) bond motifs is 1. The number of allylic oxidation sites excluding steroid dienone is 2. The molecule has 158 valence electrons. The molecular weight excluding hydrogens is 394 g/mol. The molecule has 8 heteroatoms. The quantitative estimate of drug-likeness (QED) is 0.795. The highest BCUT2D eigenvalue weighted by molar-refractivity contribution is 5.69. The first-order valence-corrected chi connectivity index (χ1v) is 10.1. The van der Waals surface area contributed by atoms with E-state index in [-0.39, 0.29) is 31.0 Å². The van der Waals surface area contributed by atoms with Crippen LogP contribution >= 0.6 is 0 Å². The number of carbonyl (C=O) groups is 1. The molecule has 1 aliphatic carbocycles. The summed E-state index contributed by atoms with van der Waals surface area (Å²) in [5.74, 6) is -0.725. The Kier molecular flexibility index (Phi) is 6.18. The number of nitrogens with zero attached hydrogens (tertiary/aromatic N) is 4. The standard InChI is InChI=1S/C23H23N5O3/c1-3-30-19-8-6-5-7-16(19)20-18-12-28(22(29)31-4-2)10-9-15(18)17(11-24)21(27)23(20,13-25)14-26/h5-9,18,20H,3-4,10,12,27H2,1-2H3/t18-,20-/m1/s1. The minimum atomic E-state index is -1.79. The lowest BCUT2D eigenvalue weighted by molar-refractivity contribution is 0.0997. The first-order chi connectivity index (χ1) is 15.0. The summed E-state index contributed by atoms with van der Waals surface area (Å²) in [5.41, 5.74) is 5.85. The van der Waals surface area contributed by atoms with Gasteiger partial charge >= 0.3 is 6.09 Å². The minimum Gasteiger partial charge on any atom is -0.494 e. The van der Waals surface area contributed by atoms with Crippen LogP contribution in [0.4, 0.5) is 4.79 Å². The maximum absolute atomic E-state index is 12.4. The van der Waals surface area contributed by atoms with Crippen LogP contribution in [0, 0.1) is 45.3 Å². The summed E-state index contributed by atoms with van der Waals surface area (Å²) < 4.78 is 10.9. The van der Waals surface area contributed by atoms with E-state index in [2.05, 4.69) is 18.2 Å². The molecule has 0 aromatic heterocycles. The molecule has 1 amide bonds. The SMILES string of the molecule is CCOC(=O)N1CC=C2C(C#N)=C(N)C(C#N)(C#N)[C@H](c3ccccc3OCC)[C@@H]2C1. The third-order valence-corrected chi connectivity index (χ3v) is 5.74. The molecule has 1 aromatic carbocycles. The maximum atomic E-state index is 12.4. The Hall–Kier alpha value is -3.96. The molecule has 1 heterocycles. The lowest BCUT2D eigenvalue weighted by Gasteiger charge is -2.45. The zero-order chi connectivity index (χ0) is 22.6. The normalized spacial score (nSPS) is 21.6. The molecule has 1 aromatic rings. The van der Waals surface area contributed by atoms with Crippen molar-refractivity contribution in [3.63, 3.8) is 0 Å². The topological polar surface area (TPSA) is 136 Å². The predicted octanol–water partition coefficient (Wildman–Crippen LogP) is 2.97. The van der Waals surface area contributed by atoms with Gasteiger partial charge < -0.3 is 20.1 Å². The summed E-state index contributed by atoms with van der Waals surface area (Å²) in [7, 11) is 0. The summed E-state index contributed by atoms with van der Waals surface area (Å²) >= 11 is 0. The molecule has 0 saturated heterocycles. The number of nitriles is 3. The van der Waals surface area contributed by atoms with Gasteiger partial charge in [-0.1, -0.05) is 24.3 Å². The van der Waals surface area contributed by atoms with E-state index in [1.54, 1.807) is 37.3 Å². The fourth-order valence-corrected chi connectivity index (χ4v) is 4.41. The van der Waals surface area contributed by atoms with Crippen LogP contribution in [0.2, 0.25) is 0 Å². The van der Waals surface area contributed by atoms with E-state index in [0.717, 1.165) is 0 Å². The Morgan fingerprint density at radius 1 is 1.23 bits per heavy atom. The van der Waals surface area contributed by atoms with Crippen LogP contribution in [-0.2, 0) is 4.74 Å². The summed E-state index contributed by atoms with van der Waals surface area (Å²) in [6.07, 6.45) is 1.26. The molecule has 31 heavy (non-hydrogen) atoms. The van der Waals surface area contributed by atoms with Crippen molar-refractivity contribution in [1.29, 1.82) is 15.8 Å². The molecular formula is C23H23N5O3. The first-order valence-electron chi connectivity index (χ1n) is 10.1. The molecule has 0 saturated carbocycles. The van der Waals surface area contributed by atoms with Gasteiger partial charge in [0.25, 0.3) is 0 Å². The zero-order valence-electron chi connectivity index (χ0n) is 17.5. The third-order valence-electron chi connectivity index (χ3n) is 5.74. The van der Waals surface area contributed by atoms with Gasteiger partial charge in [0.2, 0.25) is 0 Å². The predicted molar refractivity (Wildman–Crippen MR) is 111 cm³/mol. The van der Waals surface area contributed by atoms with Gasteiger partial charge in [0.15, 0.2) is 5.41 Å². The molecule has 3 rings (SSSR count). The molecule has 1 aliphatic heterocycles. The van der Waals surface area contributed by atoms with Crippen LogP contribution in [0.25, 0.3) is 0 Å². The Morgan fingerprint density at radius 3 is 2.55 bits per heavy atom. The summed E-state index contributed by atoms with van der Waals surface area (Å²) in [6, 6.07) is 13.4. The van der Waals surface area contributed by atoms with E-state index in [4.69, 9.17) is 15.2 Å². The average molecular weight is 417 g/mol. The van der Waals surface area contributed by atoms with Crippen molar-refractivity contribution in [3.05, 3.63) is 52.7 Å². The van der Waals surface area contributed by atoms with Crippen LogP contribution in [0.15, 0.2) is 47.2 Å². The highest BCUT2D eigenvalue weighted by atomic mass is 16.6. The fourth-order valence-electron chi connectivity index (χ4n) is 4.41. The van der Waals surface area contributed by atoms with Crippen molar-refractivity contribution in [2.24, 2.45) is 17.1 Å². The van der Waals surface area contributed by atoms with Crippen molar-refractivity contribution >= 4 is 6.09 Å². The van der Waals surface area contributed by atoms with E-state index in [1.165, 1.54) is 4.90 Å². The van der Waals surface area contributed by atoms with E-state index in [1.807, 2.05) is 6.92 Å². The number of para-hydroxylation sites is 1. The molecule has 0 spiro atoms. The molecule has 0 unspecified atom stereocenters. The second-order valence-corrected chi connectivity index (χ2v) is 7.25. The van der Waals surface area contributed by atoms with Gasteiger partial charge in [-0.2, -0.15) is 15.8 Å². The molecule has 2 atom stereocenters. The lowest BCUT2D eigenvalue weighted by atomic mass is 9.58. The molecule has 2 aliphatic rings. The summed E-state index contributed by atoms with van der Waals surface area (Å²) in [5, 5.41) is 30.1. The highest BCUT2D eigenvalue weighted by Gasteiger charge is 2.55. The van der Waals surface area contributed by atoms with Gasteiger partial charge in [-0.15, -0.1) is 0 Å². The van der Waals surface area contributed by atoms with Gasteiger partial charge in [0, 0.05) is 30.5 Å². The smallest absolute Gasteiger partial charge is 0.410 e. The molecule has 8 nitrogen and oxygen atoms in total. The van der Waals surface area contributed by atoms with Crippen LogP contribution in [0.1, 0.15) is 25.3 Å². The highest BCUT2D eigenvalue weighted by Crippen LogP contribution is 2.55. The second-order valence-electron chi connectivity index (χ2n) is 7.25. The number of hydrogen-bond donors (Lipinski definition) is 1. The Labute approximate surface area is 181 Å². The van der Waals surface area contributed by atoms with Crippen molar-refractivity contribution in [1.82, 2.24) is 4.90 Å². The molecule has 2 N–H and O–H groups in total. The van der Waals surface area contributed by atoms with Gasteiger partial charge in [0.05, 0.1) is 36.6 Å². The summed E-state index contributed by atoms with van der Waals surface area (Å²) in [6.45, 7) is 4.61. The van der Waals surface area contributed by atoms with E-state index < -0.39 is 23.3 Å². The monoisotopic (exact) mass is 417 g/mol. The number of benzene rings is 1. The van der Waals surface area contributed by atoms with Gasteiger partial charge in [-0.25, -0.2) is 4.79 Å². The Bertz CT molecular complexity index is 1060. The van der Waals surface area contributed by atoms with Crippen molar-refractivity contribution in [2.75, 3.05) is 26.3 Å². The van der Waals surface area contributed by atoms with E-state index in [0.29, 0.717) is 23.5 Å².